The lowest BCUT2D eigenvalue weighted by atomic mass is 9.59. The number of hydrogen-bond donors (Lipinski definition) is 5. The summed E-state index contributed by atoms with van der Waals surface area (Å²) in [4.78, 5) is 33.0. The fourth-order valence-corrected chi connectivity index (χ4v) is 11.8. The van der Waals surface area contributed by atoms with E-state index in [0.717, 1.165) is 43.5 Å². The zero-order valence-electron chi connectivity index (χ0n) is 36.1. The number of pyridine rings is 2. The Morgan fingerprint density at radius 1 is 1.06 bits per heavy atom. The van der Waals surface area contributed by atoms with E-state index in [9.17, 15) is 18.3 Å². The molecular formula is C47H57N9O6S. The third-order valence-electron chi connectivity index (χ3n) is 14.0. The summed E-state index contributed by atoms with van der Waals surface area (Å²) in [6.45, 7) is 11.2. The largest absolute Gasteiger partial charge is 0.489 e. The number of anilines is 3. The number of likely N-dealkylation sites (tertiary alicyclic amines) is 2. The molecule has 2 atom stereocenters. The quantitative estimate of drug-likeness (QED) is 0.0918. The first-order valence-corrected chi connectivity index (χ1v) is 23.8. The van der Waals surface area contributed by atoms with Gasteiger partial charge in [-0.25, -0.2) is 23.1 Å². The molecule has 3 saturated heterocycles. The first kappa shape index (κ1) is 41.6. The number of fused-ring (bicyclic) bond motifs is 2. The third kappa shape index (κ3) is 8.18. The van der Waals surface area contributed by atoms with E-state index < -0.39 is 21.5 Å². The van der Waals surface area contributed by atoms with Gasteiger partial charge in [-0.15, -0.1) is 0 Å². The van der Waals surface area contributed by atoms with E-state index in [1.165, 1.54) is 48.9 Å². The number of aliphatic hydroxyl groups is 1. The second-order valence-electron chi connectivity index (χ2n) is 19.1. The molecule has 2 aromatic carbocycles. The number of hydrogen-bond acceptors (Lipinski definition) is 13. The monoisotopic (exact) mass is 875 g/mol. The van der Waals surface area contributed by atoms with Crippen LogP contribution in [-0.2, 0) is 10.0 Å². The average molecular weight is 876 g/mol. The molecule has 4 fully saturated rings. The zero-order valence-corrected chi connectivity index (χ0v) is 37.0. The van der Waals surface area contributed by atoms with Crippen molar-refractivity contribution in [3.05, 3.63) is 90.0 Å². The molecule has 1 amide bonds. The van der Waals surface area contributed by atoms with Gasteiger partial charge in [0, 0.05) is 68.5 Å². The molecule has 332 valence electrons. The molecular weight excluding hydrogens is 819 g/mol. The van der Waals surface area contributed by atoms with Crippen molar-refractivity contribution >= 4 is 44.0 Å². The van der Waals surface area contributed by atoms with E-state index in [4.69, 9.17) is 15.2 Å². The summed E-state index contributed by atoms with van der Waals surface area (Å²) in [6.07, 6.45) is 11.9. The molecule has 1 spiro atoms. The predicted molar refractivity (Wildman–Crippen MR) is 242 cm³/mol. The van der Waals surface area contributed by atoms with Gasteiger partial charge in [-0.3, -0.25) is 14.6 Å². The SMILES string of the molecule is CC(C)c1ccccc1[C@@H]1CCCN1C1CC2(CCN(c3cnc(C(=O)NS(=O)(=O)c4cc(N)c5c(c4)OC[C@H](CN4CC(C)(O)C4)N5)c(Oc4cnc5[nH]ccc5c4)c3)CC2)C1. The predicted octanol–water partition coefficient (Wildman–Crippen LogP) is 6.40. The lowest BCUT2D eigenvalue weighted by molar-refractivity contribution is -0.0853. The number of ether oxygens (including phenoxy) is 2. The minimum absolute atomic E-state index is 0.106. The number of nitrogens with zero attached hydrogens (tertiary/aromatic N) is 5. The van der Waals surface area contributed by atoms with Gasteiger partial charge in [-0.05, 0) is 92.7 Å². The van der Waals surface area contributed by atoms with Crippen molar-refractivity contribution in [2.24, 2.45) is 5.41 Å². The topological polar surface area (TPSA) is 191 Å². The van der Waals surface area contributed by atoms with Crippen LogP contribution in [0.5, 0.6) is 17.2 Å². The summed E-state index contributed by atoms with van der Waals surface area (Å²) in [5.74, 6) is 0.290. The highest BCUT2D eigenvalue weighted by molar-refractivity contribution is 7.90. The molecule has 7 heterocycles. The summed E-state index contributed by atoms with van der Waals surface area (Å²) in [5, 5.41) is 14.3. The number of nitrogens with one attached hydrogen (secondary N) is 3. The van der Waals surface area contributed by atoms with E-state index >= 15 is 0 Å². The standard InChI is InChI=1S/C47H57N9O6S/c1-29(2)36-7-4-5-8-37(36)39-9-6-14-56(39)33-21-47(22-33)11-15-55(16-12-47)32-18-41(62-34-17-30-10-13-49-44(30)51-24-34)43(50-23-32)45(57)53-63(59,60)35-19-38(48)42-40(20-35)61-26-31(52-42)25-54-27-46(3,58)28-54/h4-5,7-8,10,13,17-20,23-24,29,31,33,39,52,58H,6,9,11-12,14-16,21-22,25-28,48H2,1-3H3,(H,49,51)(H,53,57)/t31-,39-/m0/s1. The second kappa shape index (κ2) is 16.0. The number of β-amino-alcohol motifs (C(OH)–C–C–N with tert-alkyl or cyclic N) is 1. The van der Waals surface area contributed by atoms with Crippen LogP contribution in [-0.4, -0.2) is 108 Å². The van der Waals surface area contributed by atoms with Crippen molar-refractivity contribution < 1.29 is 27.8 Å². The molecule has 3 aromatic heterocycles. The highest BCUT2D eigenvalue weighted by Gasteiger charge is 2.50. The summed E-state index contributed by atoms with van der Waals surface area (Å²) >= 11 is 0. The number of amides is 1. The summed E-state index contributed by atoms with van der Waals surface area (Å²) in [7, 11) is -4.44. The molecule has 10 rings (SSSR count). The Balaban J connectivity index is 0.835. The van der Waals surface area contributed by atoms with Gasteiger partial charge in [0.05, 0.1) is 40.3 Å². The van der Waals surface area contributed by atoms with Gasteiger partial charge < -0.3 is 35.5 Å². The maximum atomic E-state index is 14.0. The fraction of sp³-hybridized carbons (Fsp3) is 0.468. The summed E-state index contributed by atoms with van der Waals surface area (Å²) in [6, 6.07) is 18.1. The van der Waals surface area contributed by atoms with E-state index in [2.05, 4.69) is 77.8 Å². The van der Waals surface area contributed by atoms with Crippen molar-refractivity contribution in [3.8, 4) is 17.2 Å². The Morgan fingerprint density at radius 2 is 1.86 bits per heavy atom. The highest BCUT2D eigenvalue weighted by atomic mass is 32.2. The zero-order chi connectivity index (χ0) is 43.7. The lowest BCUT2D eigenvalue weighted by Crippen LogP contribution is -2.62. The van der Waals surface area contributed by atoms with Crippen LogP contribution < -0.4 is 30.1 Å². The van der Waals surface area contributed by atoms with Crippen LogP contribution in [0.1, 0.15) is 92.9 Å². The van der Waals surface area contributed by atoms with E-state index in [-0.39, 0.29) is 40.4 Å². The van der Waals surface area contributed by atoms with Gasteiger partial charge in [0.2, 0.25) is 0 Å². The minimum Gasteiger partial charge on any atom is -0.489 e. The van der Waals surface area contributed by atoms with Crippen LogP contribution in [0.4, 0.5) is 17.1 Å². The number of benzene rings is 2. The van der Waals surface area contributed by atoms with E-state index in [1.807, 2.05) is 6.07 Å². The summed E-state index contributed by atoms with van der Waals surface area (Å²) < 4.78 is 42.1. The molecule has 0 radical (unpaired) electrons. The Kier molecular flexibility index (Phi) is 10.5. The molecule has 1 aliphatic carbocycles. The molecule has 63 heavy (non-hydrogen) atoms. The molecule has 5 aromatic rings. The minimum atomic E-state index is -4.44. The van der Waals surface area contributed by atoms with Gasteiger partial charge in [0.1, 0.15) is 29.4 Å². The number of aromatic nitrogens is 3. The number of sulfonamides is 1. The number of H-pyrrole nitrogens is 1. The normalized spacial score (nSPS) is 22.3. The molecule has 4 aliphatic heterocycles. The Labute approximate surface area is 368 Å². The van der Waals surface area contributed by atoms with Crippen LogP contribution in [0.25, 0.3) is 11.0 Å². The van der Waals surface area contributed by atoms with Crippen molar-refractivity contribution in [1.82, 2.24) is 29.5 Å². The van der Waals surface area contributed by atoms with Crippen molar-refractivity contribution in [3.63, 3.8) is 0 Å². The number of nitrogen functional groups attached to an aromatic ring is 1. The molecule has 0 bridgehead atoms. The molecule has 16 heteroatoms. The van der Waals surface area contributed by atoms with Gasteiger partial charge >= 0.3 is 0 Å². The first-order chi connectivity index (χ1) is 30.2. The number of nitrogens with two attached hydrogens (primary N) is 1. The molecule has 15 nitrogen and oxygen atoms in total. The van der Waals surface area contributed by atoms with Crippen LogP contribution in [0.3, 0.4) is 0 Å². The van der Waals surface area contributed by atoms with Gasteiger partial charge in [0.15, 0.2) is 11.4 Å². The fourth-order valence-electron chi connectivity index (χ4n) is 10.8. The van der Waals surface area contributed by atoms with E-state index in [1.54, 1.807) is 37.6 Å². The van der Waals surface area contributed by atoms with Gasteiger partial charge in [-0.2, -0.15) is 0 Å². The van der Waals surface area contributed by atoms with E-state index in [0.29, 0.717) is 60.1 Å². The molecule has 1 saturated carbocycles. The maximum Gasteiger partial charge on any atom is 0.287 e. The number of aromatic amines is 1. The molecule has 0 unspecified atom stereocenters. The lowest BCUT2D eigenvalue weighted by Gasteiger charge is -2.56. The summed E-state index contributed by atoms with van der Waals surface area (Å²) in [5.41, 5.74) is 10.9. The smallest absolute Gasteiger partial charge is 0.287 e. The third-order valence-corrected chi connectivity index (χ3v) is 15.3. The highest BCUT2D eigenvalue weighted by Crippen LogP contribution is 2.54. The van der Waals surface area contributed by atoms with Gasteiger partial charge in [0.25, 0.3) is 15.9 Å². The first-order valence-electron chi connectivity index (χ1n) is 22.3. The molecule has 6 N–H and O–H groups in total. The Hall–Kier alpha value is -5.42. The van der Waals surface area contributed by atoms with Crippen LogP contribution >= 0.6 is 0 Å². The average Bonchev–Trinajstić information content (AvgIpc) is 3.92. The second-order valence-corrected chi connectivity index (χ2v) is 20.8. The molecule has 5 aliphatic rings. The number of rotatable bonds is 11. The van der Waals surface area contributed by atoms with Gasteiger partial charge in [-0.1, -0.05) is 38.1 Å². The van der Waals surface area contributed by atoms with Crippen LogP contribution in [0.2, 0.25) is 0 Å². The number of piperidine rings is 1. The Morgan fingerprint density at radius 3 is 2.63 bits per heavy atom. The maximum absolute atomic E-state index is 14.0. The van der Waals surface area contributed by atoms with Crippen molar-refractivity contribution in [2.45, 2.75) is 93.8 Å². The van der Waals surface area contributed by atoms with Crippen LogP contribution in [0.15, 0.2) is 78.1 Å². The number of carbonyl (C=O) groups excluding carboxylic acids is 1. The number of carbonyl (C=O) groups is 1. The van der Waals surface area contributed by atoms with Crippen molar-refractivity contribution in [2.75, 3.05) is 61.8 Å². The van der Waals surface area contributed by atoms with Crippen molar-refractivity contribution in [1.29, 1.82) is 0 Å². The Bertz CT molecular complexity index is 2640. The van der Waals surface area contributed by atoms with Crippen LogP contribution in [0, 0.1) is 5.41 Å².